The highest BCUT2D eigenvalue weighted by Gasteiger charge is 2.28. The third kappa shape index (κ3) is 4.54. The van der Waals surface area contributed by atoms with Gasteiger partial charge in [0.15, 0.2) is 0 Å². The van der Waals surface area contributed by atoms with Gasteiger partial charge in [-0.1, -0.05) is 42.3 Å². The van der Waals surface area contributed by atoms with Gasteiger partial charge in [-0.05, 0) is 24.1 Å². The van der Waals surface area contributed by atoms with Gasteiger partial charge in [0.1, 0.15) is 6.04 Å². The van der Waals surface area contributed by atoms with Crippen molar-refractivity contribution in [2.24, 2.45) is 0 Å². The summed E-state index contributed by atoms with van der Waals surface area (Å²) in [5, 5.41) is 5.50. The molecule has 1 amide bonds. The molecule has 1 aromatic carbocycles. The average molecular weight is 381 g/mol. The van der Waals surface area contributed by atoms with Crippen molar-refractivity contribution in [2.75, 3.05) is 26.2 Å². The Morgan fingerprint density at radius 1 is 1.12 bits per heavy atom. The molecule has 1 saturated heterocycles. The summed E-state index contributed by atoms with van der Waals surface area (Å²) in [5.74, 6) is 0.119. The predicted molar refractivity (Wildman–Crippen MR) is 99.9 cm³/mol. The van der Waals surface area contributed by atoms with E-state index in [2.05, 4.69) is 22.1 Å². The molecule has 0 radical (unpaired) electrons. The summed E-state index contributed by atoms with van der Waals surface area (Å²) in [6.45, 7) is 6.07. The maximum atomic E-state index is 12.8. The molecule has 7 heteroatoms. The minimum Gasteiger partial charge on any atom is -0.338 e. The number of benzene rings is 1. The Morgan fingerprint density at radius 2 is 1.80 bits per heavy atom. The maximum absolute atomic E-state index is 12.8. The molecule has 0 spiro atoms. The zero-order valence-corrected chi connectivity index (χ0v) is 15.7. The summed E-state index contributed by atoms with van der Waals surface area (Å²) < 4.78 is 1.67. The van der Waals surface area contributed by atoms with E-state index in [-0.39, 0.29) is 11.9 Å². The lowest BCUT2D eigenvalue weighted by Crippen LogP contribution is -2.50. The van der Waals surface area contributed by atoms with Gasteiger partial charge in [-0.2, -0.15) is 5.10 Å². The number of rotatable bonds is 5. The van der Waals surface area contributed by atoms with Crippen LogP contribution in [0.15, 0.2) is 36.7 Å². The molecule has 1 aromatic heterocycles. The highest BCUT2D eigenvalue weighted by molar-refractivity contribution is 6.30. The molecule has 1 fully saturated rings. The predicted octanol–water partition coefficient (Wildman–Crippen LogP) is 3.49. The molecule has 5 nitrogen and oxygen atoms in total. The van der Waals surface area contributed by atoms with Crippen LogP contribution < -0.4 is 0 Å². The van der Waals surface area contributed by atoms with Crippen molar-refractivity contribution < 1.29 is 4.79 Å². The Kier molecular flexibility index (Phi) is 5.99. The van der Waals surface area contributed by atoms with Crippen LogP contribution in [-0.4, -0.2) is 51.7 Å². The van der Waals surface area contributed by atoms with Gasteiger partial charge in [-0.25, -0.2) is 0 Å². The Hall–Kier alpha value is -1.56. The zero-order chi connectivity index (χ0) is 17.8. The van der Waals surface area contributed by atoms with Crippen LogP contribution in [0.25, 0.3) is 0 Å². The van der Waals surface area contributed by atoms with Crippen molar-refractivity contribution in [3.05, 3.63) is 52.3 Å². The molecule has 0 N–H and O–H groups in total. The molecule has 134 valence electrons. The molecular weight excluding hydrogens is 359 g/mol. The number of piperazine rings is 1. The van der Waals surface area contributed by atoms with E-state index >= 15 is 0 Å². The van der Waals surface area contributed by atoms with Crippen molar-refractivity contribution in [3.8, 4) is 0 Å². The first kappa shape index (κ1) is 18.2. The van der Waals surface area contributed by atoms with Crippen molar-refractivity contribution in [1.82, 2.24) is 19.6 Å². The van der Waals surface area contributed by atoms with Gasteiger partial charge in [0.05, 0.1) is 11.2 Å². The quantitative estimate of drug-likeness (QED) is 0.796. The van der Waals surface area contributed by atoms with Crippen LogP contribution in [0, 0.1) is 0 Å². The van der Waals surface area contributed by atoms with Gasteiger partial charge >= 0.3 is 0 Å². The number of amides is 1. The lowest BCUT2D eigenvalue weighted by Gasteiger charge is -2.36. The Labute approximate surface area is 158 Å². The lowest BCUT2D eigenvalue weighted by atomic mass is 10.1. The van der Waals surface area contributed by atoms with E-state index in [1.54, 1.807) is 17.1 Å². The zero-order valence-electron chi connectivity index (χ0n) is 14.2. The van der Waals surface area contributed by atoms with Crippen LogP contribution in [0.5, 0.6) is 0 Å². The van der Waals surface area contributed by atoms with E-state index < -0.39 is 0 Å². The molecule has 2 aromatic rings. The van der Waals surface area contributed by atoms with Crippen molar-refractivity contribution in [3.63, 3.8) is 0 Å². The molecule has 1 unspecified atom stereocenters. The minimum absolute atomic E-state index is 0.119. The Morgan fingerprint density at radius 3 is 2.36 bits per heavy atom. The van der Waals surface area contributed by atoms with Crippen LogP contribution in [0.3, 0.4) is 0 Å². The van der Waals surface area contributed by atoms with Gasteiger partial charge in [0.2, 0.25) is 5.91 Å². The van der Waals surface area contributed by atoms with Crippen molar-refractivity contribution in [2.45, 2.75) is 25.9 Å². The first-order valence-electron chi connectivity index (χ1n) is 8.52. The summed E-state index contributed by atoms with van der Waals surface area (Å²) >= 11 is 11.9. The number of hydrogen-bond acceptors (Lipinski definition) is 3. The molecule has 0 saturated carbocycles. The second kappa shape index (κ2) is 8.21. The fourth-order valence-corrected chi connectivity index (χ4v) is 3.41. The normalized spacial score (nSPS) is 16.8. The minimum atomic E-state index is -0.282. The first-order chi connectivity index (χ1) is 12.1. The summed E-state index contributed by atoms with van der Waals surface area (Å²) in [6, 6.07) is 7.65. The van der Waals surface area contributed by atoms with Gasteiger partial charge in [0, 0.05) is 43.9 Å². The fraction of sp³-hybridized carbons (Fsp3) is 0.444. The molecule has 1 aliphatic heterocycles. The van der Waals surface area contributed by atoms with Crippen molar-refractivity contribution in [1.29, 1.82) is 0 Å². The smallest absolute Gasteiger partial charge is 0.247 e. The second-order valence-electron chi connectivity index (χ2n) is 6.29. The highest BCUT2D eigenvalue weighted by Crippen LogP contribution is 2.19. The fourth-order valence-electron chi connectivity index (χ4n) is 3.15. The first-order valence-corrected chi connectivity index (χ1v) is 9.27. The molecule has 25 heavy (non-hydrogen) atoms. The number of carbonyl (C=O) groups excluding carboxylic acids is 1. The number of hydrogen-bond donors (Lipinski definition) is 0. The molecule has 2 heterocycles. The van der Waals surface area contributed by atoms with E-state index in [0.29, 0.717) is 11.4 Å². The number of nitrogens with zero attached hydrogens (tertiary/aromatic N) is 4. The summed E-state index contributed by atoms with van der Waals surface area (Å²) in [7, 11) is 0. The third-order valence-electron chi connectivity index (χ3n) is 4.56. The van der Waals surface area contributed by atoms with Gasteiger partial charge in [-0.15, -0.1) is 0 Å². The Bertz CT molecular complexity index is 708. The molecule has 1 aliphatic rings. The average Bonchev–Trinajstić information content (AvgIpc) is 3.04. The summed E-state index contributed by atoms with van der Waals surface area (Å²) in [5.41, 5.74) is 1.24. The van der Waals surface area contributed by atoms with E-state index in [1.165, 1.54) is 5.56 Å². The van der Waals surface area contributed by atoms with Crippen LogP contribution in [0.1, 0.15) is 24.9 Å². The standard InChI is InChI=1S/C18H22Cl2N4O/c1-2-17(24-13-16(20)11-21-24)18(25)23-9-7-22(8-10-23)12-14-3-5-15(19)6-4-14/h3-6,11,13,17H,2,7-10,12H2,1H3. The van der Waals surface area contributed by atoms with Gasteiger partial charge < -0.3 is 4.90 Å². The topological polar surface area (TPSA) is 41.4 Å². The van der Waals surface area contributed by atoms with Crippen molar-refractivity contribution >= 4 is 29.1 Å². The van der Waals surface area contributed by atoms with Crippen LogP contribution in [-0.2, 0) is 11.3 Å². The van der Waals surface area contributed by atoms with Gasteiger partial charge in [0.25, 0.3) is 0 Å². The maximum Gasteiger partial charge on any atom is 0.247 e. The number of carbonyl (C=O) groups is 1. The second-order valence-corrected chi connectivity index (χ2v) is 7.16. The number of aromatic nitrogens is 2. The van der Waals surface area contributed by atoms with Gasteiger partial charge in [-0.3, -0.25) is 14.4 Å². The summed E-state index contributed by atoms with van der Waals surface area (Å²) in [4.78, 5) is 17.1. The van der Waals surface area contributed by atoms with Crippen LogP contribution in [0.4, 0.5) is 0 Å². The molecule has 1 atom stereocenters. The third-order valence-corrected chi connectivity index (χ3v) is 5.01. The summed E-state index contributed by atoms with van der Waals surface area (Å²) in [6.07, 6.45) is 3.98. The van der Waals surface area contributed by atoms with E-state index in [9.17, 15) is 4.79 Å². The monoisotopic (exact) mass is 380 g/mol. The number of halogens is 2. The highest BCUT2D eigenvalue weighted by atomic mass is 35.5. The SMILES string of the molecule is CCC(C(=O)N1CCN(Cc2ccc(Cl)cc2)CC1)n1cc(Cl)cn1. The Balaban J connectivity index is 1.55. The molecule has 3 rings (SSSR count). The molecular formula is C18H22Cl2N4O. The van der Waals surface area contributed by atoms with E-state index in [4.69, 9.17) is 23.2 Å². The van der Waals surface area contributed by atoms with Crippen LogP contribution in [0.2, 0.25) is 10.0 Å². The molecule has 0 aliphatic carbocycles. The largest absolute Gasteiger partial charge is 0.338 e. The van der Waals surface area contributed by atoms with Crippen LogP contribution >= 0.6 is 23.2 Å². The lowest BCUT2D eigenvalue weighted by molar-refractivity contribution is -0.137. The van der Waals surface area contributed by atoms with E-state index in [0.717, 1.165) is 37.7 Å². The molecule has 0 bridgehead atoms. The van der Waals surface area contributed by atoms with E-state index in [1.807, 2.05) is 24.0 Å².